The first kappa shape index (κ1) is 14.2. The molecule has 0 unspecified atom stereocenters. The molecule has 0 aromatic rings. The van der Waals surface area contributed by atoms with Gasteiger partial charge >= 0.3 is 5.97 Å². The number of hydrogen-bond acceptors (Lipinski definition) is 4. The predicted molar refractivity (Wildman–Crippen MR) is 62.0 cm³/mol. The SMILES string of the molecule is CCOC(=O)C(Cl)=NNCCC(C)(C)C. The van der Waals surface area contributed by atoms with Gasteiger partial charge in [0, 0.05) is 6.54 Å². The minimum absolute atomic E-state index is 0.161. The van der Waals surface area contributed by atoms with Crippen molar-refractivity contribution >= 4 is 22.7 Å². The lowest BCUT2D eigenvalue weighted by Crippen LogP contribution is -2.20. The van der Waals surface area contributed by atoms with Gasteiger partial charge in [-0.15, -0.1) is 0 Å². The van der Waals surface area contributed by atoms with Gasteiger partial charge in [0.2, 0.25) is 5.17 Å². The highest BCUT2D eigenvalue weighted by molar-refractivity contribution is 6.81. The van der Waals surface area contributed by atoms with Crippen LogP contribution in [0.2, 0.25) is 0 Å². The van der Waals surface area contributed by atoms with Crippen molar-refractivity contribution in [1.82, 2.24) is 5.43 Å². The van der Waals surface area contributed by atoms with Crippen LogP contribution >= 0.6 is 11.6 Å². The Morgan fingerprint density at radius 3 is 2.53 bits per heavy atom. The predicted octanol–water partition coefficient (Wildman–Crippen LogP) is 2.13. The van der Waals surface area contributed by atoms with Crippen LogP contribution in [0.25, 0.3) is 0 Å². The number of carbonyl (C=O) groups excluding carboxylic acids is 1. The second kappa shape index (κ2) is 6.67. The summed E-state index contributed by atoms with van der Waals surface area (Å²) in [7, 11) is 0. The number of nitrogens with zero attached hydrogens (tertiary/aromatic N) is 1. The van der Waals surface area contributed by atoms with Crippen LogP contribution in [0.5, 0.6) is 0 Å². The quantitative estimate of drug-likeness (QED) is 0.343. The van der Waals surface area contributed by atoms with E-state index in [0.717, 1.165) is 6.42 Å². The van der Waals surface area contributed by atoms with E-state index in [2.05, 4.69) is 36.0 Å². The number of halogens is 1. The molecular weight excluding hydrogens is 216 g/mol. The lowest BCUT2D eigenvalue weighted by molar-refractivity contribution is -0.134. The van der Waals surface area contributed by atoms with Crippen LogP contribution in [0, 0.1) is 5.41 Å². The summed E-state index contributed by atoms with van der Waals surface area (Å²) in [5, 5.41) is 3.54. The van der Waals surface area contributed by atoms with Crippen LogP contribution in [-0.2, 0) is 9.53 Å². The topological polar surface area (TPSA) is 50.7 Å². The number of carbonyl (C=O) groups is 1. The van der Waals surface area contributed by atoms with Gasteiger partial charge in [0.25, 0.3) is 0 Å². The molecule has 0 aromatic carbocycles. The van der Waals surface area contributed by atoms with Gasteiger partial charge in [-0.25, -0.2) is 4.79 Å². The molecule has 4 nitrogen and oxygen atoms in total. The number of hydrogen-bond donors (Lipinski definition) is 1. The van der Waals surface area contributed by atoms with Crippen molar-refractivity contribution in [3.05, 3.63) is 0 Å². The molecule has 0 rings (SSSR count). The minimum atomic E-state index is -0.595. The van der Waals surface area contributed by atoms with E-state index in [9.17, 15) is 4.79 Å². The highest BCUT2D eigenvalue weighted by Crippen LogP contribution is 2.16. The molecule has 0 heterocycles. The summed E-state index contributed by atoms with van der Waals surface area (Å²) in [6.07, 6.45) is 0.948. The average molecular weight is 235 g/mol. The smallest absolute Gasteiger partial charge is 0.370 e. The van der Waals surface area contributed by atoms with Crippen LogP contribution in [0.4, 0.5) is 0 Å². The summed E-state index contributed by atoms with van der Waals surface area (Å²) in [6, 6.07) is 0. The van der Waals surface area contributed by atoms with Crippen LogP contribution in [0.3, 0.4) is 0 Å². The molecule has 0 aromatic heterocycles. The highest BCUT2D eigenvalue weighted by Gasteiger charge is 2.10. The molecule has 88 valence electrons. The fraction of sp³-hybridized carbons (Fsp3) is 0.800. The van der Waals surface area contributed by atoms with Gasteiger partial charge in [0.05, 0.1) is 6.61 Å². The lowest BCUT2D eigenvalue weighted by atomic mass is 9.93. The molecule has 0 amide bonds. The van der Waals surface area contributed by atoms with Crippen LogP contribution in [0.1, 0.15) is 34.1 Å². The van der Waals surface area contributed by atoms with Crippen molar-refractivity contribution < 1.29 is 9.53 Å². The molecule has 0 saturated heterocycles. The fourth-order valence-electron chi connectivity index (χ4n) is 0.793. The summed E-state index contributed by atoms with van der Waals surface area (Å²) in [5.41, 5.74) is 2.97. The zero-order chi connectivity index (χ0) is 11.9. The van der Waals surface area contributed by atoms with Gasteiger partial charge in [-0.3, -0.25) is 0 Å². The summed E-state index contributed by atoms with van der Waals surface area (Å²) in [5.74, 6) is -0.595. The first-order valence-electron chi connectivity index (χ1n) is 5.00. The minimum Gasteiger partial charge on any atom is -0.461 e. The third-order valence-electron chi connectivity index (χ3n) is 1.61. The summed E-state index contributed by atoms with van der Waals surface area (Å²) in [6.45, 7) is 9.09. The first-order chi connectivity index (χ1) is 6.87. The fourth-order valence-corrected chi connectivity index (χ4v) is 0.907. The van der Waals surface area contributed by atoms with E-state index in [0.29, 0.717) is 13.2 Å². The van der Waals surface area contributed by atoms with Gasteiger partial charge in [-0.05, 0) is 18.8 Å². The second-order valence-corrected chi connectivity index (χ2v) is 4.70. The Balaban J connectivity index is 3.81. The van der Waals surface area contributed by atoms with Crippen molar-refractivity contribution in [3.8, 4) is 0 Å². The Hall–Kier alpha value is -0.770. The van der Waals surface area contributed by atoms with E-state index in [1.54, 1.807) is 6.92 Å². The molecule has 1 N–H and O–H groups in total. The van der Waals surface area contributed by atoms with Crippen molar-refractivity contribution in [2.24, 2.45) is 10.5 Å². The van der Waals surface area contributed by atoms with Crippen LogP contribution < -0.4 is 5.43 Å². The number of ether oxygens (including phenoxy) is 1. The Bertz CT molecular complexity index is 234. The molecule has 0 aliphatic heterocycles. The average Bonchev–Trinajstić information content (AvgIpc) is 2.11. The molecule has 0 saturated carbocycles. The van der Waals surface area contributed by atoms with E-state index in [4.69, 9.17) is 11.6 Å². The van der Waals surface area contributed by atoms with E-state index in [-0.39, 0.29) is 10.6 Å². The number of esters is 1. The summed E-state index contributed by atoms with van der Waals surface area (Å²) >= 11 is 5.57. The largest absolute Gasteiger partial charge is 0.461 e. The molecule has 15 heavy (non-hydrogen) atoms. The van der Waals surface area contributed by atoms with Crippen molar-refractivity contribution in [2.45, 2.75) is 34.1 Å². The zero-order valence-electron chi connectivity index (χ0n) is 9.76. The Kier molecular flexibility index (Phi) is 6.32. The summed E-state index contributed by atoms with van der Waals surface area (Å²) < 4.78 is 4.66. The number of nitrogens with one attached hydrogen (secondary N) is 1. The third kappa shape index (κ3) is 8.24. The molecule has 0 bridgehead atoms. The van der Waals surface area contributed by atoms with E-state index >= 15 is 0 Å². The Morgan fingerprint density at radius 2 is 2.07 bits per heavy atom. The molecule has 5 heteroatoms. The van der Waals surface area contributed by atoms with Crippen LogP contribution in [-0.4, -0.2) is 24.3 Å². The molecule has 0 atom stereocenters. The van der Waals surface area contributed by atoms with E-state index < -0.39 is 5.97 Å². The molecule has 0 aliphatic carbocycles. The molecular formula is C10H19ClN2O2. The highest BCUT2D eigenvalue weighted by atomic mass is 35.5. The van der Waals surface area contributed by atoms with Crippen LogP contribution in [0.15, 0.2) is 5.10 Å². The first-order valence-corrected chi connectivity index (χ1v) is 5.38. The second-order valence-electron chi connectivity index (χ2n) is 4.34. The van der Waals surface area contributed by atoms with Gasteiger partial charge in [-0.2, -0.15) is 5.10 Å². The monoisotopic (exact) mass is 234 g/mol. The maximum absolute atomic E-state index is 11.0. The molecule has 0 aliphatic rings. The van der Waals surface area contributed by atoms with Crippen molar-refractivity contribution in [1.29, 1.82) is 0 Å². The van der Waals surface area contributed by atoms with Gasteiger partial charge < -0.3 is 10.2 Å². The lowest BCUT2D eigenvalue weighted by Gasteiger charge is -2.17. The number of hydrazone groups is 1. The van der Waals surface area contributed by atoms with E-state index in [1.807, 2.05) is 0 Å². The zero-order valence-corrected chi connectivity index (χ0v) is 10.5. The normalized spacial score (nSPS) is 12.5. The maximum atomic E-state index is 11.0. The Morgan fingerprint density at radius 1 is 1.47 bits per heavy atom. The number of rotatable bonds is 5. The van der Waals surface area contributed by atoms with Crippen molar-refractivity contribution in [3.63, 3.8) is 0 Å². The third-order valence-corrected chi connectivity index (χ3v) is 1.85. The van der Waals surface area contributed by atoms with E-state index in [1.165, 1.54) is 0 Å². The van der Waals surface area contributed by atoms with Gasteiger partial charge in [-0.1, -0.05) is 32.4 Å². The molecule has 0 fully saturated rings. The maximum Gasteiger partial charge on any atom is 0.370 e. The van der Waals surface area contributed by atoms with Crippen molar-refractivity contribution in [2.75, 3.05) is 13.2 Å². The Labute approximate surface area is 96.0 Å². The van der Waals surface area contributed by atoms with Gasteiger partial charge in [0.15, 0.2) is 0 Å². The standard InChI is InChI=1S/C10H19ClN2O2/c1-5-15-9(14)8(11)13-12-7-6-10(2,3)4/h12H,5-7H2,1-4H3. The van der Waals surface area contributed by atoms with Gasteiger partial charge in [0.1, 0.15) is 0 Å². The molecule has 0 radical (unpaired) electrons. The molecule has 0 spiro atoms. The summed E-state index contributed by atoms with van der Waals surface area (Å²) in [4.78, 5) is 11.0.